The Bertz CT molecular complexity index is 320. The summed E-state index contributed by atoms with van der Waals surface area (Å²) in [7, 11) is 2.15. The van der Waals surface area contributed by atoms with Crippen LogP contribution >= 0.6 is 0 Å². The lowest BCUT2D eigenvalue weighted by Crippen LogP contribution is -2.44. The van der Waals surface area contributed by atoms with Crippen molar-refractivity contribution in [3.05, 3.63) is 29.8 Å². The zero-order valence-corrected chi connectivity index (χ0v) is 11.2. The monoisotopic (exact) mass is 236 g/mol. The molecule has 1 aromatic carbocycles. The lowest BCUT2D eigenvalue weighted by molar-refractivity contribution is 0.280. The summed E-state index contributed by atoms with van der Waals surface area (Å²) in [5.41, 5.74) is 2.22. The Kier molecular flexibility index (Phi) is 6.01. The molecule has 17 heavy (non-hydrogen) atoms. The summed E-state index contributed by atoms with van der Waals surface area (Å²) in [4.78, 5) is 4.68. The van der Waals surface area contributed by atoms with Gasteiger partial charge in [0.05, 0.1) is 6.61 Å². The Labute approximate surface area is 105 Å². The van der Waals surface area contributed by atoms with Gasteiger partial charge in [-0.25, -0.2) is 0 Å². The van der Waals surface area contributed by atoms with Crippen LogP contribution in [0.1, 0.15) is 19.4 Å². The highest BCUT2D eigenvalue weighted by Gasteiger charge is 2.15. The smallest absolute Gasteiger partial charge is 0.0702 e. The van der Waals surface area contributed by atoms with E-state index in [1.807, 2.05) is 32.0 Å². The molecular formula is C14H24N2O. The number of benzene rings is 1. The lowest BCUT2D eigenvalue weighted by atomic mass is 10.1. The number of nitrogens with zero attached hydrogens (tertiary/aromatic N) is 2. The van der Waals surface area contributed by atoms with Crippen molar-refractivity contribution in [3.8, 4) is 0 Å². The van der Waals surface area contributed by atoms with E-state index in [2.05, 4.69) is 22.9 Å². The quantitative estimate of drug-likeness (QED) is 0.850. The van der Waals surface area contributed by atoms with E-state index in [0.717, 1.165) is 31.7 Å². The number of aliphatic hydroxyl groups excluding tert-OH is 1. The fourth-order valence-electron chi connectivity index (χ4n) is 2.00. The van der Waals surface area contributed by atoms with Crippen molar-refractivity contribution < 1.29 is 5.11 Å². The third-order valence-electron chi connectivity index (χ3n) is 3.01. The van der Waals surface area contributed by atoms with Crippen LogP contribution in [0.5, 0.6) is 0 Å². The van der Waals surface area contributed by atoms with E-state index in [4.69, 9.17) is 0 Å². The number of para-hydroxylation sites is 1. The molecule has 2 rings (SSSR count). The maximum Gasteiger partial charge on any atom is 0.0702 e. The van der Waals surface area contributed by atoms with Gasteiger partial charge >= 0.3 is 0 Å². The van der Waals surface area contributed by atoms with E-state index >= 15 is 0 Å². The molecule has 1 saturated heterocycles. The molecule has 1 fully saturated rings. The van der Waals surface area contributed by atoms with Gasteiger partial charge in [0.25, 0.3) is 0 Å². The summed E-state index contributed by atoms with van der Waals surface area (Å²) in [5.74, 6) is 0. The molecule has 0 bridgehead atoms. The molecule has 0 spiro atoms. The molecule has 0 aliphatic carbocycles. The molecular weight excluding hydrogens is 212 g/mol. The maximum atomic E-state index is 9.26. The number of hydrogen-bond acceptors (Lipinski definition) is 3. The highest BCUT2D eigenvalue weighted by molar-refractivity contribution is 5.53. The van der Waals surface area contributed by atoms with E-state index < -0.39 is 0 Å². The zero-order valence-electron chi connectivity index (χ0n) is 11.2. The third kappa shape index (κ3) is 3.72. The summed E-state index contributed by atoms with van der Waals surface area (Å²) in [6, 6.07) is 8.10. The molecule has 1 aliphatic rings. The van der Waals surface area contributed by atoms with E-state index in [0.29, 0.717) is 0 Å². The van der Waals surface area contributed by atoms with Gasteiger partial charge in [-0.15, -0.1) is 0 Å². The normalized spacial score (nSPS) is 16.4. The maximum absolute atomic E-state index is 9.26. The average molecular weight is 236 g/mol. The Morgan fingerprint density at radius 3 is 2.24 bits per heavy atom. The summed E-state index contributed by atoms with van der Waals surface area (Å²) in [5, 5.41) is 9.26. The first-order chi connectivity index (χ1) is 8.31. The van der Waals surface area contributed by atoms with Crippen molar-refractivity contribution in [2.75, 3.05) is 38.1 Å². The van der Waals surface area contributed by atoms with Gasteiger partial charge < -0.3 is 14.9 Å². The van der Waals surface area contributed by atoms with Gasteiger partial charge in [0, 0.05) is 37.4 Å². The van der Waals surface area contributed by atoms with Gasteiger partial charge in [-0.2, -0.15) is 0 Å². The standard InChI is InChI=1S/C12H18N2O.C2H6/c1-13-6-8-14(9-7-13)12-5-3-2-4-11(12)10-15;1-2/h2-5,15H,6-10H2,1H3;1-2H3. The number of likely N-dealkylation sites (N-methyl/N-ethyl adjacent to an activating group) is 1. The van der Waals surface area contributed by atoms with E-state index in [-0.39, 0.29) is 6.61 Å². The Hall–Kier alpha value is -1.06. The van der Waals surface area contributed by atoms with Crippen LogP contribution in [0.15, 0.2) is 24.3 Å². The van der Waals surface area contributed by atoms with Crippen molar-refractivity contribution in [1.29, 1.82) is 0 Å². The highest BCUT2D eigenvalue weighted by Crippen LogP contribution is 2.21. The zero-order chi connectivity index (χ0) is 12.7. The first kappa shape index (κ1) is 14.0. The third-order valence-corrected chi connectivity index (χ3v) is 3.01. The summed E-state index contributed by atoms with van der Waals surface area (Å²) >= 11 is 0. The van der Waals surface area contributed by atoms with Crippen LogP contribution in [0.4, 0.5) is 5.69 Å². The molecule has 1 aromatic rings. The van der Waals surface area contributed by atoms with Gasteiger partial charge in [-0.05, 0) is 13.1 Å². The van der Waals surface area contributed by atoms with Crippen molar-refractivity contribution in [2.24, 2.45) is 0 Å². The van der Waals surface area contributed by atoms with Crippen LogP contribution in [0, 0.1) is 0 Å². The summed E-state index contributed by atoms with van der Waals surface area (Å²) < 4.78 is 0. The topological polar surface area (TPSA) is 26.7 Å². The Morgan fingerprint density at radius 2 is 1.65 bits per heavy atom. The van der Waals surface area contributed by atoms with Gasteiger partial charge in [0.15, 0.2) is 0 Å². The molecule has 1 aliphatic heterocycles. The number of piperazine rings is 1. The minimum Gasteiger partial charge on any atom is -0.392 e. The predicted molar refractivity (Wildman–Crippen MR) is 73.4 cm³/mol. The molecule has 0 aromatic heterocycles. The van der Waals surface area contributed by atoms with Crippen molar-refractivity contribution in [2.45, 2.75) is 20.5 Å². The van der Waals surface area contributed by atoms with Crippen LogP contribution in [0.3, 0.4) is 0 Å². The van der Waals surface area contributed by atoms with Gasteiger partial charge in [0.2, 0.25) is 0 Å². The van der Waals surface area contributed by atoms with E-state index in [1.54, 1.807) is 0 Å². The van der Waals surface area contributed by atoms with E-state index in [9.17, 15) is 5.11 Å². The minimum absolute atomic E-state index is 0.127. The Morgan fingerprint density at radius 1 is 1.06 bits per heavy atom. The van der Waals surface area contributed by atoms with Crippen LogP contribution in [-0.4, -0.2) is 43.2 Å². The lowest BCUT2D eigenvalue weighted by Gasteiger charge is -2.35. The fraction of sp³-hybridized carbons (Fsp3) is 0.571. The number of anilines is 1. The van der Waals surface area contributed by atoms with Crippen molar-refractivity contribution in [1.82, 2.24) is 4.90 Å². The van der Waals surface area contributed by atoms with Crippen molar-refractivity contribution in [3.63, 3.8) is 0 Å². The van der Waals surface area contributed by atoms with Crippen molar-refractivity contribution >= 4 is 5.69 Å². The summed E-state index contributed by atoms with van der Waals surface area (Å²) in [6.07, 6.45) is 0. The van der Waals surface area contributed by atoms with Crippen LogP contribution < -0.4 is 4.90 Å². The molecule has 0 radical (unpaired) electrons. The Balaban J connectivity index is 0.000000686. The molecule has 0 amide bonds. The molecule has 3 heteroatoms. The molecule has 0 unspecified atom stereocenters. The molecule has 0 atom stereocenters. The van der Waals surface area contributed by atoms with Gasteiger partial charge in [-0.1, -0.05) is 32.0 Å². The van der Waals surface area contributed by atoms with Crippen LogP contribution in [0.2, 0.25) is 0 Å². The number of rotatable bonds is 2. The molecule has 96 valence electrons. The second kappa shape index (κ2) is 7.30. The molecule has 1 N–H and O–H groups in total. The second-order valence-electron chi connectivity index (χ2n) is 4.08. The highest BCUT2D eigenvalue weighted by atomic mass is 16.3. The van der Waals surface area contributed by atoms with Gasteiger partial charge in [0.1, 0.15) is 0 Å². The largest absolute Gasteiger partial charge is 0.392 e. The average Bonchev–Trinajstić information content (AvgIpc) is 2.42. The fourth-order valence-corrected chi connectivity index (χ4v) is 2.00. The van der Waals surface area contributed by atoms with E-state index in [1.165, 1.54) is 5.69 Å². The minimum atomic E-state index is 0.127. The molecule has 1 heterocycles. The predicted octanol–water partition coefficient (Wildman–Crippen LogP) is 1.96. The number of aliphatic hydroxyl groups is 1. The SMILES string of the molecule is CC.CN1CCN(c2ccccc2CO)CC1. The van der Waals surface area contributed by atoms with Crippen LogP contribution in [-0.2, 0) is 6.61 Å². The second-order valence-corrected chi connectivity index (χ2v) is 4.08. The molecule has 0 saturated carbocycles. The first-order valence-electron chi connectivity index (χ1n) is 6.43. The number of hydrogen-bond donors (Lipinski definition) is 1. The summed E-state index contributed by atoms with van der Waals surface area (Å²) in [6.45, 7) is 8.42. The molecule has 3 nitrogen and oxygen atoms in total. The first-order valence-corrected chi connectivity index (χ1v) is 6.43. The van der Waals surface area contributed by atoms with Crippen LogP contribution in [0.25, 0.3) is 0 Å². The van der Waals surface area contributed by atoms with Gasteiger partial charge in [-0.3, -0.25) is 0 Å².